The highest BCUT2D eigenvalue weighted by atomic mass is 32.1. The third-order valence-corrected chi connectivity index (χ3v) is 6.21. The smallest absolute Gasteiger partial charge is 0.217 e. The molecule has 6 heteroatoms. The van der Waals surface area contributed by atoms with E-state index in [0.717, 1.165) is 28.3 Å². The zero-order valence-electron chi connectivity index (χ0n) is 17.2. The summed E-state index contributed by atoms with van der Waals surface area (Å²) in [6, 6.07) is 14.2. The molecule has 1 heterocycles. The Morgan fingerprint density at radius 1 is 1.33 bits per heavy atom. The maximum absolute atomic E-state index is 11.5. The lowest BCUT2D eigenvalue weighted by molar-refractivity contribution is -0.119. The fourth-order valence-electron chi connectivity index (χ4n) is 3.92. The zero-order chi connectivity index (χ0) is 21.3. The maximum Gasteiger partial charge on any atom is 0.217 e. The standard InChI is InChI=1S/C24H23N3O2S/c1-14(2)29-22-10-7-16(11-17(22)12-25)24-26-13-23(30-24)20-6-4-5-19-18(20)8-9-21(19)27-15(3)28/h4-7,10-11,13-14,21H,8-9H2,1-3H3,(H,27,28)/t21-/m0/s1. The highest BCUT2D eigenvalue weighted by Gasteiger charge is 2.26. The number of hydrogen-bond acceptors (Lipinski definition) is 5. The summed E-state index contributed by atoms with van der Waals surface area (Å²) in [5.41, 5.74) is 5.06. The van der Waals surface area contributed by atoms with Crippen LogP contribution in [0.25, 0.3) is 21.0 Å². The topological polar surface area (TPSA) is 75.0 Å². The van der Waals surface area contributed by atoms with Crippen molar-refractivity contribution in [2.75, 3.05) is 0 Å². The minimum absolute atomic E-state index is 0.00322. The fraction of sp³-hybridized carbons (Fsp3) is 0.292. The van der Waals surface area contributed by atoms with Crippen LogP contribution < -0.4 is 10.1 Å². The van der Waals surface area contributed by atoms with E-state index >= 15 is 0 Å². The van der Waals surface area contributed by atoms with Crippen LogP contribution in [0.2, 0.25) is 0 Å². The third-order valence-electron chi connectivity index (χ3n) is 5.13. The Morgan fingerprint density at radius 2 is 2.17 bits per heavy atom. The van der Waals surface area contributed by atoms with Crippen molar-refractivity contribution in [3.05, 3.63) is 59.3 Å². The predicted molar refractivity (Wildman–Crippen MR) is 118 cm³/mol. The average molecular weight is 418 g/mol. The van der Waals surface area contributed by atoms with Crippen molar-refractivity contribution >= 4 is 17.2 Å². The van der Waals surface area contributed by atoms with Crippen LogP contribution in [0.15, 0.2) is 42.6 Å². The van der Waals surface area contributed by atoms with Gasteiger partial charge in [-0.3, -0.25) is 4.79 Å². The molecular weight excluding hydrogens is 394 g/mol. The number of aromatic nitrogens is 1. The lowest BCUT2D eigenvalue weighted by Crippen LogP contribution is -2.24. The van der Waals surface area contributed by atoms with Gasteiger partial charge in [-0.05, 0) is 61.6 Å². The SMILES string of the molecule is CC(=O)N[C@H]1CCc2c(-c3cnc(-c4ccc(OC(C)C)c(C#N)c4)s3)cccc21. The molecule has 0 spiro atoms. The molecule has 1 aromatic heterocycles. The van der Waals surface area contributed by atoms with Crippen LogP contribution in [0.4, 0.5) is 0 Å². The Labute approximate surface area is 180 Å². The van der Waals surface area contributed by atoms with E-state index in [4.69, 9.17) is 4.74 Å². The number of rotatable bonds is 5. The number of ether oxygens (including phenoxy) is 1. The van der Waals surface area contributed by atoms with Crippen LogP contribution in [-0.2, 0) is 11.2 Å². The summed E-state index contributed by atoms with van der Waals surface area (Å²) in [7, 11) is 0. The van der Waals surface area contributed by atoms with Gasteiger partial charge in [0.25, 0.3) is 0 Å². The van der Waals surface area contributed by atoms with Crippen molar-refractivity contribution in [3.8, 4) is 32.8 Å². The van der Waals surface area contributed by atoms with Crippen molar-refractivity contribution < 1.29 is 9.53 Å². The van der Waals surface area contributed by atoms with Gasteiger partial charge in [-0.1, -0.05) is 18.2 Å². The molecule has 3 aromatic rings. The number of fused-ring (bicyclic) bond motifs is 1. The molecule has 1 aliphatic carbocycles. The van der Waals surface area contributed by atoms with Crippen LogP contribution in [0.3, 0.4) is 0 Å². The molecule has 0 saturated heterocycles. The van der Waals surface area contributed by atoms with Gasteiger partial charge in [0.05, 0.1) is 22.6 Å². The van der Waals surface area contributed by atoms with Gasteiger partial charge in [0.1, 0.15) is 16.8 Å². The average Bonchev–Trinajstić information content (AvgIpc) is 3.35. The highest BCUT2D eigenvalue weighted by molar-refractivity contribution is 7.18. The number of thiazole rings is 1. The molecule has 1 aliphatic rings. The summed E-state index contributed by atoms with van der Waals surface area (Å²) in [6.07, 6.45) is 3.76. The van der Waals surface area contributed by atoms with Gasteiger partial charge < -0.3 is 10.1 Å². The number of nitriles is 1. The molecule has 0 unspecified atom stereocenters. The molecule has 1 atom stereocenters. The summed E-state index contributed by atoms with van der Waals surface area (Å²) >= 11 is 1.61. The van der Waals surface area contributed by atoms with Gasteiger partial charge in [0.2, 0.25) is 5.91 Å². The first kappa shape index (κ1) is 20.1. The first-order valence-electron chi connectivity index (χ1n) is 10.0. The largest absolute Gasteiger partial charge is 0.490 e. The van der Waals surface area contributed by atoms with E-state index in [2.05, 4.69) is 28.5 Å². The van der Waals surface area contributed by atoms with E-state index in [-0.39, 0.29) is 18.1 Å². The van der Waals surface area contributed by atoms with Crippen molar-refractivity contribution in [2.24, 2.45) is 0 Å². The number of benzene rings is 2. The van der Waals surface area contributed by atoms with Crippen LogP contribution in [0, 0.1) is 11.3 Å². The lowest BCUT2D eigenvalue weighted by Gasteiger charge is -2.13. The molecule has 0 radical (unpaired) electrons. The number of carbonyl (C=O) groups excluding carboxylic acids is 1. The molecule has 1 N–H and O–H groups in total. The van der Waals surface area contributed by atoms with E-state index in [1.54, 1.807) is 18.3 Å². The molecule has 0 fully saturated rings. The number of nitrogens with one attached hydrogen (secondary N) is 1. The molecular formula is C24H23N3O2S. The van der Waals surface area contributed by atoms with Crippen molar-refractivity contribution in [3.63, 3.8) is 0 Å². The maximum atomic E-state index is 11.5. The zero-order valence-corrected chi connectivity index (χ0v) is 18.0. The molecule has 0 bridgehead atoms. The number of nitrogens with zero attached hydrogens (tertiary/aromatic N) is 2. The van der Waals surface area contributed by atoms with Gasteiger partial charge in [-0.15, -0.1) is 11.3 Å². The highest BCUT2D eigenvalue weighted by Crippen LogP contribution is 2.41. The predicted octanol–water partition coefficient (Wildman–Crippen LogP) is 5.26. The van der Waals surface area contributed by atoms with Crippen molar-refractivity contribution in [2.45, 2.75) is 45.8 Å². The second-order valence-corrected chi connectivity index (χ2v) is 8.71. The van der Waals surface area contributed by atoms with Crippen molar-refractivity contribution in [1.29, 1.82) is 5.26 Å². The van der Waals surface area contributed by atoms with Crippen molar-refractivity contribution in [1.82, 2.24) is 10.3 Å². The summed E-state index contributed by atoms with van der Waals surface area (Å²) in [4.78, 5) is 17.2. The van der Waals surface area contributed by atoms with Crippen LogP contribution in [0.1, 0.15) is 49.9 Å². The summed E-state index contributed by atoms with van der Waals surface area (Å²) in [5.74, 6) is 0.592. The molecule has 0 aliphatic heterocycles. The van der Waals surface area contributed by atoms with E-state index in [1.165, 1.54) is 16.7 Å². The van der Waals surface area contributed by atoms with Gasteiger partial charge in [-0.2, -0.15) is 5.26 Å². The minimum atomic E-state index is -0.00322. The number of hydrogen-bond donors (Lipinski definition) is 1. The quantitative estimate of drug-likeness (QED) is 0.614. The van der Waals surface area contributed by atoms with Crippen LogP contribution in [0.5, 0.6) is 5.75 Å². The Morgan fingerprint density at radius 3 is 2.90 bits per heavy atom. The minimum Gasteiger partial charge on any atom is -0.490 e. The normalized spacial score (nSPS) is 15.0. The molecule has 0 saturated carbocycles. The molecule has 152 valence electrons. The summed E-state index contributed by atoms with van der Waals surface area (Å²) < 4.78 is 5.72. The number of amides is 1. The Balaban J connectivity index is 1.66. The lowest BCUT2D eigenvalue weighted by atomic mass is 10.0. The molecule has 30 heavy (non-hydrogen) atoms. The summed E-state index contributed by atoms with van der Waals surface area (Å²) in [5, 5.41) is 13.4. The van der Waals surface area contributed by atoms with Gasteiger partial charge in [0.15, 0.2) is 0 Å². The van der Waals surface area contributed by atoms with E-state index < -0.39 is 0 Å². The second kappa shape index (κ2) is 8.29. The first-order valence-corrected chi connectivity index (χ1v) is 10.8. The van der Waals surface area contributed by atoms with E-state index in [0.29, 0.717) is 11.3 Å². The number of carbonyl (C=O) groups is 1. The molecule has 5 nitrogen and oxygen atoms in total. The Kier molecular flexibility index (Phi) is 5.56. The monoisotopic (exact) mass is 417 g/mol. The van der Waals surface area contributed by atoms with E-state index in [9.17, 15) is 10.1 Å². The van der Waals surface area contributed by atoms with Gasteiger partial charge >= 0.3 is 0 Å². The molecule has 2 aromatic carbocycles. The van der Waals surface area contributed by atoms with Crippen LogP contribution in [-0.4, -0.2) is 17.0 Å². The summed E-state index contributed by atoms with van der Waals surface area (Å²) in [6.45, 7) is 5.44. The first-order chi connectivity index (χ1) is 14.5. The Bertz CT molecular complexity index is 1140. The van der Waals surface area contributed by atoms with E-state index in [1.807, 2.05) is 44.3 Å². The Hall–Kier alpha value is -3.17. The van der Waals surface area contributed by atoms with Gasteiger partial charge in [0, 0.05) is 18.7 Å². The van der Waals surface area contributed by atoms with Gasteiger partial charge in [-0.25, -0.2) is 4.98 Å². The second-order valence-electron chi connectivity index (χ2n) is 7.68. The molecule has 1 amide bonds. The molecule has 4 rings (SSSR count). The fourth-order valence-corrected chi connectivity index (χ4v) is 4.88. The third kappa shape index (κ3) is 3.94. The van der Waals surface area contributed by atoms with Crippen LogP contribution >= 0.6 is 11.3 Å².